The van der Waals surface area contributed by atoms with Crippen molar-refractivity contribution in [3.63, 3.8) is 0 Å². The molecule has 13 heavy (non-hydrogen) atoms. The second-order valence-electron chi connectivity index (χ2n) is 2.57. The predicted molar refractivity (Wildman–Crippen MR) is 42.2 cm³/mol. The summed E-state index contributed by atoms with van der Waals surface area (Å²) in [4.78, 5) is 20.1. The fourth-order valence-electron chi connectivity index (χ4n) is 0.973. The van der Waals surface area contributed by atoms with Crippen LogP contribution >= 0.6 is 0 Å². The van der Waals surface area contributed by atoms with Gasteiger partial charge in [0.1, 0.15) is 0 Å². The van der Waals surface area contributed by atoms with E-state index in [0.717, 1.165) is 6.07 Å². The molecule has 0 aromatic heterocycles. The standard InChI is InChI=1S/C8H7NO4/c1-5-2-3-7(9(12)13)6(4-5)8(10)11/h2-4H,1H3,(H,10,11)/p-1. The van der Waals surface area contributed by atoms with Gasteiger partial charge in [-0.3, -0.25) is 10.1 Å². The molecule has 5 heteroatoms. The second-order valence-corrected chi connectivity index (χ2v) is 2.57. The molecule has 1 aromatic carbocycles. The largest absolute Gasteiger partial charge is 0.545 e. The van der Waals surface area contributed by atoms with E-state index in [9.17, 15) is 20.0 Å². The minimum absolute atomic E-state index is 0.384. The Morgan fingerprint density at radius 2 is 2.08 bits per heavy atom. The predicted octanol–water partition coefficient (Wildman–Crippen LogP) is 0.267. The number of aryl methyl sites for hydroxylation is 1. The average Bonchev–Trinajstić information content (AvgIpc) is 2.03. The summed E-state index contributed by atoms with van der Waals surface area (Å²) in [5.74, 6) is -1.53. The summed E-state index contributed by atoms with van der Waals surface area (Å²) in [6, 6.07) is 3.85. The normalized spacial score (nSPS) is 9.62. The Morgan fingerprint density at radius 3 is 2.54 bits per heavy atom. The molecule has 0 spiro atoms. The molecule has 1 rings (SSSR count). The van der Waals surface area contributed by atoms with E-state index in [4.69, 9.17) is 0 Å². The fraction of sp³-hybridized carbons (Fsp3) is 0.125. The summed E-state index contributed by atoms with van der Waals surface area (Å²) >= 11 is 0. The Bertz CT molecular complexity index is 372. The first kappa shape index (κ1) is 9.18. The van der Waals surface area contributed by atoms with E-state index in [0.29, 0.717) is 5.56 Å². The zero-order valence-electron chi connectivity index (χ0n) is 6.81. The monoisotopic (exact) mass is 180 g/mol. The number of hydrogen-bond donors (Lipinski definition) is 0. The molecule has 0 amide bonds. The van der Waals surface area contributed by atoms with Gasteiger partial charge in [-0.15, -0.1) is 0 Å². The lowest BCUT2D eigenvalue weighted by atomic mass is 10.1. The smallest absolute Gasteiger partial charge is 0.278 e. The number of carbonyl (C=O) groups excluding carboxylic acids is 1. The van der Waals surface area contributed by atoms with Gasteiger partial charge in [-0.05, 0) is 18.6 Å². The maximum Gasteiger partial charge on any atom is 0.278 e. The first-order valence-electron chi connectivity index (χ1n) is 3.49. The zero-order chi connectivity index (χ0) is 10.0. The van der Waals surface area contributed by atoms with Gasteiger partial charge in [0.15, 0.2) is 0 Å². The van der Waals surface area contributed by atoms with Gasteiger partial charge in [0.2, 0.25) is 0 Å². The van der Waals surface area contributed by atoms with Crippen LogP contribution in [-0.4, -0.2) is 10.9 Å². The molecule has 0 fully saturated rings. The number of benzene rings is 1. The molecule has 0 bridgehead atoms. The number of hydrogen-bond acceptors (Lipinski definition) is 4. The van der Waals surface area contributed by atoms with Gasteiger partial charge in [-0.25, -0.2) is 0 Å². The number of aromatic carboxylic acids is 1. The number of carboxylic acid groups (broad SMARTS) is 1. The SMILES string of the molecule is Cc1ccc([N+](=O)[O-])c(C(=O)[O-])c1. The quantitative estimate of drug-likeness (QED) is 0.483. The van der Waals surface area contributed by atoms with Crippen LogP contribution in [0, 0.1) is 17.0 Å². The molecule has 0 aliphatic carbocycles. The molecule has 0 heterocycles. The van der Waals surface area contributed by atoms with Gasteiger partial charge in [0.25, 0.3) is 5.69 Å². The summed E-state index contributed by atoms with van der Waals surface area (Å²) in [6.45, 7) is 1.65. The number of carboxylic acids is 1. The number of carbonyl (C=O) groups is 1. The van der Waals surface area contributed by atoms with E-state index < -0.39 is 16.6 Å². The van der Waals surface area contributed by atoms with Crippen LogP contribution in [0.5, 0.6) is 0 Å². The Hall–Kier alpha value is -1.91. The van der Waals surface area contributed by atoms with Gasteiger partial charge in [-0.2, -0.15) is 0 Å². The summed E-state index contributed by atoms with van der Waals surface area (Å²) < 4.78 is 0. The summed E-state index contributed by atoms with van der Waals surface area (Å²) in [5.41, 5.74) is -0.180. The summed E-state index contributed by atoms with van der Waals surface area (Å²) in [7, 11) is 0. The van der Waals surface area contributed by atoms with Gasteiger partial charge >= 0.3 is 0 Å². The summed E-state index contributed by atoms with van der Waals surface area (Å²) in [6.07, 6.45) is 0. The van der Waals surface area contributed by atoms with Crippen molar-refractivity contribution in [1.82, 2.24) is 0 Å². The number of rotatable bonds is 2. The molecule has 0 unspecified atom stereocenters. The van der Waals surface area contributed by atoms with Crippen LogP contribution in [0.3, 0.4) is 0 Å². The van der Waals surface area contributed by atoms with Crippen LogP contribution in [0.25, 0.3) is 0 Å². The van der Waals surface area contributed by atoms with Crippen LogP contribution < -0.4 is 5.11 Å². The molecular formula is C8H6NO4-. The highest BCUT2D eigenvalue weighted by Gasteiger charge is 2.13. The maximum atomic E-state index is 10.5. The molecule has 0 atom stereocenters. The van der Waals surface area contributed by atoms with Gasteiger partial charge in [-0.1, -0.05) is 6.07 Å². The van der Waals surface area contributed by atoms with Gasteiger partial charge in [0.05, 0.1) is 16.5 Å². The highest BCUT2D eigenvalue weighted by atomic mass is 16.6. The molecular weight excluding hydrogens is 174 g/mol. The lowest BCUT2D eigenvalue weighted by Gasteiger charge is -2.03. The minimum Gasteiger partial charge on any atom is -0.545 e. The van der Waals surface area contributed by atoms with Crippen molar-refractivity contribution < 1.29 is 14.8 Å². The molecule has 5 nitrogen and oxygen atoms in total. The third-order valence-electron chi connectivity index (χ3n) is 1.57. The third-order valence-corrected chi connectivity index (χ3v) is 1.57. The number of nitrogens with zero attached hydrogens (tertiary/aromatic N) is 1. The fourth-order valence-corrected chi connectivity index (χ4v) is 0.973. The lowest BCUT2D eigenvalue weighted by Crippen LogP contribution is -2.23. The molecule has 0 radical (unpaired) electrons. The topological polar surface area (TPSA) is 83.3 Å². The van der Waals surface area contributed by atoms with Crippen LogP contribution in [0.4, 0.5) is 5.69 Å². The molecule has 0 N–H and O–H groups in total. The van der Waals surface area contributed by atoms with Gasteiger partial charge < -0.3 is 9.90 Å². The molecule has 1 aromatic rings. The number of nitro groups is 1. The van der Waals surface area contributed by atoms with E-state index in [1.807, 2.05) is 0 Å². The highest BCUT2D eigenvalue weighted by molar-refractivity contribution is 5.90. The maximum absolute atomic E-state index is 10.5. The number of nitro benzene ring substituents is 1. The van der Waals surface area contributed by atoms with Crippen LogP contribution in [0.2, 0.25) is 0 Å². The van der Waals surface area contributed by atoms with E-state index in [-0.39, 0.29) is 5.56 Å². The van der Waals surface area contributed by atoms with Crippen molar-refractivity contribution in [3.8, 4) is 0 Å². The Balaban J connectivity index is 3.35. The van der Waals surface area contributed by atoms with Crippen LogP contribution in [0.1, 0.15) is 15.9 Å². The highest BCUT2D eigenvalue weighted by Crippen LogP contribution is 2.18. The zero-order valence-corrected chi connectivity index (χ0v) is 6.81. The van der Waals surface area contributed by atoms with Crippen LogP contribution in [-0.2, 0) is 0 Å². The minimum atomic E-state index is -1.53. The first-order chi connectivity index (χ1) is 6.02. The average molecular weight is 180 g/mol. The van der Waals surface area contributed by atoms with Crippen molar-refractivity contribution >= 4 is 11.7 Å². The first-order valence-corrected chi connectivity index (χ1v) is 3.49. The lowest BCUT2D eigenvalue weighted by molar-refractivity contribution is -0.385. The summed E-state index contributed by atoms with van der Waals surface area (Å²) in [5, 5.41) is 20.8. The van der Waals surface area contributed by atoms with E-state index in [1.54, 1.807) is 6.92 Å². The Morgan fingerprint density at radius 1 is 1.46 bits per heavy atom. The van der Waals surface area contributed by atoms with E-state index in [1.165, 1.54) is 12.1 Å². The second kappa shape index (κ2) is 3.22. The molecule has 0 saturated carbocycles. The third kappa shape index (κ3) is 1.81. The molecule has 0 aliphatic rings. The van der Waals surface area contributed by atoms with E-state index in [2.05, 4.69) is 0 Å². The van der Waals surface area contributed by atoms with Crippen molar-refractivity contribution in [2.75, 3.05) is 0 Å². The van der Waals surface area contributed by atoms with Crippen molar-refractivity contribution in [2.24, 2.45) is 0 Å². The molecule has 0 saturated heterocycles. The van der Waals surface area contributed by atoms with Crippen molar-refractivity contribution in [1.29, 1.82) is 0 Å². The molecule has 0 aliphatic heterocycles. The van der Waals surface area contributed by atoms with Crippen LogP contribution in [0.15, 0.2) is 18.2 Å². The Labute approximate surface area is 73.8 Å². The van der Waals surface area contributed by atoms with E-state index >= 15 is 0 Å². The molecule has 68 valence electrons. The van der Waals surface area contributed by atoms with Crippen molar-refractivity contribution in [3.05, 3.63) is 39.4 Å². The van der Waals surface area contributed by atoms with Crippen molar-refractivity contribution in [2.45, 2.75) is 6.92 Å². The van der Waals surface area contributed by atoms with Gasteiger partial charge in [0, 0.05) is 6.07 Å². The Kier molecular flexibility index (Phi) is 2.27.